The van der Waals surface area contributed by atoms with Gasteiger partial charge < -0.3 is 9.13 Å². The summed E-state index contributed by atoms with van der Waals surface area (Å²) in [7, 11) is 0. The minimum absolute atomic E-state index is 0.976. The van der Waals surface area contributed by atoms with Crippen LogP contribution in [0.2, 0.25) is 0 Å². The molecule has 0 saturated carbocycles. The van der Waals surface area contributed by atoms with Crippen LogP contribution >= 0.6 is 11.3 Å². The highest BCUT2D eigenvalue weighted by atomic mass is 32.1. The van der Waals surface area contributed by atoms with Gasteiger partial charge in [0.05, 0.1) is 22.2 Å². The van der Waals surface area contributed by atoms with Gasteiger partial charge in [-0.1, -0.05) is 60.7 Å². The second-order valence-corrected chi connectivity index (χ2v) is 11.6. The Morgan fingerprint density at radius 3 is 2.32 bits per heavy atom. The monoisotopic (exact) mass is 541 g/mol. The van der Waals surface area contributed by atoms with Gasteiger partial charge in [-0.2, -0.15) is 0 Å². The smallest absolute Gasteiger partial charge is 0.0702 e. The van der Waals surface area contributed by atoms with Crippen LogP contribution in [0.1, 0.15) is 0 Å². The van der Waals surface area contributed by atoms with E-state index in [2.05, 4.69) is 136 Å². The molecule has 4 aromatic heterocycles. The molecule has 3 nitrogen and oxygen atoms in total. The van der Waals surface area contributed by atoms with Crippen molar-refractivity contribution in [2.45, 2.75) is 0 Å². The zero-order valence-electron chi connectivity index (χ0n) is 22.0. The summed E-state index contributed by atoms with van der Waals surface area (Å²) in [4.78, 5) is 4.64. The Hall–Kier alpha value is -5.19. The molecule has 5 aromatic carbocycles. The summed E-state index contributed by atoms with van der Waals surface area (Å²) in [6.07, 6.45) is 4.04. The molecule has 9 rings (SSSR count). The van der Waals surface area contributed by atoms with Crippen LogP contribution in [-0.2, 0) is 0 Å². The van der Waals surface area contributed by atoms with Crippen molar-refractivity contribution in [1.82, 2.24) is 14.1 Å². The average molecular weight is 542 g/mol. The normalized spacial score (nSPS) is 11.9. The molecule has 41 heavy (non-hydrogen) atoms. The maximum Gasteiger partial charge on any atom is 0.0702 e. The summed E-state index contributed by atoms with van der Waals surface area (Å²) in [6, 6.07) is 45.8. The number of benzene rings is 5. The second-order valence-electron chi connectivity index (χ2n) is 10.5. The first kappa shape index (κ1) is 22.6. The SMILES string of the molecule is c1ccc(-n2ccc3cc4c(cc32)c2ccc3sc5ccccc5c3c2n4-c2cccc(-c3ccccn3)c2)cc1. The number of rotatable bonds is 3. The Morgan fingerprint density at radius 2 is 1.41 bits per heavy atom. The predicted molar refractivity (Wildman–Crippen MR) is 174 cm³/mol. The van der Waals surface area contributed by atoms with Gasteiger partial charge in [0.25, 0.3) is 0 Å². The molecule has 0 aliphatic heterocycles. The minimum Gasteiger partial charge on any atom is -0.317 e. The topological polar surface area (TPSA) is 22.8 Å². The summed E-state index contributed by atoms with van der Waals surface area (Å²) in [5.74, 6) is 0. The number of nitrogens with zero attached hydrogens (tertiary/aromatic N) is 3. The van der Waals surface area contributed by atoms with E-state index >= 15 is 0 Å². The van der Waals surface area contributed by atoms with Gasteiger partial charge in [-0.05, 0) is 66.7 Å². The lowest BCUT2D eigenvalue weighted by Gasteiger charge is -2.11. The molecule has 0 fully saturated rings. The zero-order valence-corrected chi connectivity index (χ0v) is 22.8. The molecule has 0 amide bonds. The van der Waals surface area contributed by atoms with Crippen molar-refractivity contribution in [3.63, 3.8) is 0 Å². The number of pyridine rings is 1. The van der Waals surface area contributed by atoms with E-state index in [0.717, 1.165) is 16.9 Å². The number of para-hydroxylation sites is 1. The van der Waals surface area contributed by atoms with E-state index in [1.807, 2.05) is 29.7 Å². The van der Waals surface area contributed by atoms with Gasteiger partial charge in [-0.25, -0.2) is 0 Å². The van der Waals surface area contributed by atoms with Crippen LogP contribution in [0.15, 0.2) is 140 Å². The summed E-state index contributed by atoms with van der Waals surface area (Å²) in [5, 5.41) is 6.36. The maximum absolute atomic E-state index is 4.64. The van der Waals surface area contributed by atoms with Crippen molar-refractivity contribution in [3.8, 4) is 22.6 Å². The number of aromatic nitrogens is 3. The van der Waals surface area contributed by atoms with Crippen LogP contribution in [0, 0.1) is 0 Å². The highest BCUT2D eigenvalue weighted by Crippen LogP contribution is 2.44. The first-order valence-electron chi connectivity index (χ1n) is 13.8. The van der Waals surface area contributed by atoms with Gasteiger partial charge >= 0.3 is 0 Å². The predicted octanol–water partition coefficient (Wildman–Crippen LogP) is 10.2. The van der Waals surface area contributed by atoms with Gasteiger partial charge in [0, 0.05) is 65.7 Å². The molecule has 0 aliphatic carbocycles. The van der Waals surface area contributed by atoms with E-state index < -0.39 is 0 Å². The van der Waals surface area contributed by atoms with Gasteiger partial charge in [0.1, 0.15) is 0 Å². The van der Waals surface area contributed by atoms with Crippen molar-refractivity contribution >= 4 is 64.2 Å². The third-order valence-corrected chi connectivity index (χ3v) is 9.31. The number of hydrogen-bond acceptors (Lipinski definition) is 2. The van der Waals surface area contributed by atoms with Gasteiger partial charge in [0.15, 0.2) is 0 Å². The molecule has 0 saturated heterocycles. The fourth-order valence-electron chi connectivity index (χ4n) is 6.36. The molecule has 0 spiro atoms. The molecule has 0 unspecified atom stereocenters. The number of hydrogen-bond donors (Lipinski definition) is 0. The van der Waals surface area contributed by atoms with E-state index in [0.29, 0.717) is 0 Å². The number of thiophene rings is 1. The van der Waals surface area contributed by atoms with Crippen LogP contribution in [0.3, 0.4) is 0 Å². The van der Waals surface area contributed by atoms with E-state index in [9.17, 15) is 0 Å². The highest BCUT2D eigenvalue weighted by molar-refractivity contribution is 7.26. The molecule has 9 aromatic rings. The lowest BCUT2D eigenvalue weighted by Crippen LogP contribution is -1.95. The molecular formula is C37H23N3S. The Kier molecular flexibility index (Phi) is 4.77. The largest absolute Gasteiger partial charge is 0.317 e. The fourth-order valence-corrected chi connectivity index (χ4v) is 7.47. The van der Waals surface area contributed by atoms with Crippen LogP contribution in [0.25, 0.3) is 75.5 Å². The maximum atomic E-state index is 4.64. The van der Waals surface area contributed by atoms with Gasteiger partial charge in [-0.15, -0.1) is 11.3 Å². The Labute approximate surface area is 240 Å². The van der Waals surface area contributed by atoms with E-state index in [1.54, 1.807) is 0 Å². The summed E-state index contributed by atoms with van der Waals surface area (Å²) < 4.78 is 7.38. The quantitative estimate of drug-likeness (QED) is 0.218. The molecular weight excluding hydrogens is 518 g/mol. The third kappa shape index (κ3) is 3.35. The van der Waals surface area contributed by atoms with Crippen LogP contribution < -0.4 is 0 Å². The Morgan fingerprint density at radius 1 is 0.561 bits per heavy atom. The molecule has 0 atom stereocenters. The molecule has 4 heteroatoms. The molecule has 192 valence electrons. The average Bonchev–Trinajstić information content (AvgIpc) is 3.72. The highest BCUT2D eigenvalue weighted by Gasteiger charge is 2.20. The molecule has 0 bridgehead atoms. The number of fused-ring (bicyclic) bond motifs is 8. The van der Waals surface area contributed by atoms with Crippen molar-refractivity contribution in [2.75, 3.05) is 0 Å². The van der Waals surface area contributed by atoms with E-state index in [-0.39, 0.29) is 0 Å². The van der Waals surface area contributed by atoms with Gasteiger partial charge in [0.2, 0.25) is 0 Å². The Bertz CT molecular complexity index is 2410. The fraction of sp³-hybridized carbons (Fsp3) is 0. The molecule has 0 aliphatic rings. The van der Waals surface area contributed by atoms with E-state index in [1.165, 1.54) is 58.6 Å². The van der Waals surface area contributed by atoms with Crippen LogP contribution in [0.4, 0.5) is 0 Å². The summed E-state index contributed by atoms with van der Waals surface area (Å²) in [6.45, 7) is 0. The molecule has 0 radical (unpaired) electrons. The molecule has 4 heterocycles. The van der Waals surface area contributed by atoms with Crippen molar-refractivity contribution in [1.29, 1.82) is 0 Å². The second kappa shape index (κ2) is 8.65. The van der Waals surface area contributed by atoms with Crippen LogP contribution in [-0.4, -0.2) is 14.1 Å². The van der Waals surface area contributed by atoms with Crippen molar-refractivity contribution in [3.05, 3.63) is 140 Å². The summed E-state index contributed by atoms with van der Waals surface area (Å²) in [5.41, 5.74) is 8.06. The Balaban J connectivity index is 1.43. The van der Waals surface area contributed by atoms with Crippen molar-refractivity contribution in [2.24, 2.45) is 0 Å². The standard InChI is InChI=1S/C37H23N3S/c1-2-10-26(11-3-1)39-20-18-25-22-33-30(23-32(25)39)28-16-17-35-36(29-13-4-5-15-34(29)41-35)37(28)40(33)27-12-8-9-24(21-27)31-14-6-7-19-38-31/h1-23H. The first-order valence-corrected chi connectivity index (χ1v) is 14.6. The minimum atomic E-state index is 0.976. The van der Waals surface area contributed by atoms with Crippen molar-refractivity contribution < 1.29 is 0 Å². The van der Waals surface area contributed by atoms with Crippen LogP contribution in [0.5, 0.6) is 0 Å². The lowest BCUT2D eigenvalue weighted by molar-refractivity contribution is 1.13. The van der Waals surface area contributed by atoms with E-state index in [4.69, 9.17) is 0 Å². The first-order chi connectivity index (χ1) is 20.3. The summed E-state index contributed by atoms with van der Waals surface area (Å²) >= 11 is 1.87. The molecule has 0 N–H and O–H groups in total. The third-order valence-electron chi connectivity index (χ3n) is 8.18. The van der Waals surface area contributed by atoms with Gasteiger partial charge in [-0.3, -0.25) is 4.98 Å². The zero-order chi connectivity index (χ0) is 26.9. The lowest BCUT2D eigenvalue weighted by atomic mass is 10.1.